The number of carbonyl (C=O) groups is 6. The number of nitrogens with zero attached hydrogens (tertiary/aromatic N) is 3. The third kappa shape index (κ3) is 7.31. The van der Waals surface area contributed by atoms with Gasteiger partial charge < -0.3 is 33.9 Å². The van der Waals surface area contributed by atoms with Crippen molar-refractivity contribution in [1.29, 1.82) is 0 Å². The summed E-state index contributed by atoms with van der Waals surface area (Å²) in [4.78, 5) is 80.8. The summed E-state index contributed by atoms with van der Waals surface area (Å²) in [5, 5.41) is 9.89. The number of carbonyl (C=O) groups excluding carboxylic acids is 6. The summed E-state index contributed by atoms with van der Waals surface area (Å²) in [5.74, 6) is -4.28. The van der Waals surface area contributed by atoms with Crippen LogP contribution in [-0.4, -0.2) is 113 Å². The number of thioether (sulfide) groups is 1. The number of β-lactam (4-membered cyclic amide) rings is 1. The van der Waals surface area contributed by atoms with Crippen molar-refractivity contribution in [2.75, 3.05) is 34.2 Å². The summed E-state index contributed by atoms with van der Waals surface area (Å²) in [6, 6.07) is -1.38. The Morgan fingerprint density at radius 2 is 1.64 bits per heavy atom. The van der Waals surface area contributed by atoms with Gasteiger partial charge in [-0.25, -0.2) is 9.59 Å². The number of aliphatic hydroxyl groups is 1. The van der Waals surface area contributed by atoms with Gasteiger partial charge in [0.2, 0.25) is 25.4 Å². The number of fused-ring (bicyclic) bond motifs is 1. The third-order valence-electron chi connectivity index (χ3n) is 7.67. The van der Waals surface area contributed by atoms with Crippen LogP contribution < -0.4 is 0 Å². The van der Waals surface area contributed by atoms with E-state index in [2.05, 4.69) is 0 Å². The summed E-state index contributed by atoms with van der Waals surface area (Å²) in [6.07, 6.45) is -1.58. The molecule has 15 heteroatoms. The highest BCUT2D eigenvalue weighted by Crippen LogP contribution is 2.52. The fourth-order valence-electron chi connectivity index (χ4n) is 5.27. The van der Waals surface area contributed by atoms with Crippen molar-refractivity contribution < 1.29 is 52.8 Å². The lowest BCUT2D eigenvalue weighted by molar-refractivity contribution is -0.175. The monoisotopic (exact) mass is 641 g/mol. The predicted molar refractivity (Wildman–Crippen MR) is 156 cm³/mol. The topological polar surface area (TPSA) is 169 Å². The Kier molecular flexibility index (Phi) is 11.0. The zero-order valence-electron chi connectivity index (χ0n) is 26.6. The van der Waals surface area contributed by atoms with Crippen molar-refractivity contribution in [1.82, 2.24) is 14.7 Å². The number of ether oxygens (including phenoxy) is 4. The van der Waals surface area contributed by atoms with E-state index in [1.807, 2.05) is 6.92 Å². The van der Waals surface area contributed by atoms with E-state index < -0.39 is 84.2 Å². The molecule has 3 amide bonds. The average molecular weight is 642 g/mol. The molecule has 14 nitrogen and oxygen atoms in total. The van der Waals surface area contributed by atoms with Gasteiger partial charge in [-0.15, -0.1) is 11.8 Å². The molecule has 1 N–H and O–H groups in total. The second-order valence-corrected chi connectivity index (χ2v) is 14.1. The van der Waals surface area contributed by atoms with Gasteiger partial charge in [0, 0.05) is 36.7 Å². The van der Waals surface area contributed by atoms with Gasteiger partial charge in [-0.05, 0) is 34.1 Å². The predicted octanol–water partition coefficient (Wildman–Crippen LogP) is 1.70. The van der Waals surface area contributed by atoms with E-state index in [4.69, 9.17) is 18.9 Å². The summed E-state index contributed by atoms with van der Waals surface area (Å²) < 4.78 is 20.4. The second kappa shape index (κ2) is 13.8. The molecule has 3 heterocycles. The van der Waals surface area contributed by atoms with E-state index >= 15 is 0 Å². The smallest absolute Gasteiger partial charge is 0.413 e. The Labute approximate surface area is 261 Å². The first-order valence-corrected chi connectivity index (χ1v) is 15.3. The first-order chi connectivity index (χ1) is 20.4. The normalized spacial score (nSPS) is 25.3. The lowest BCUT2D eigenvalue weighted by Crippen LogP contribution is -2.63. The highest BCUT2D eigenvalue weighted by molar-refractivity contribution is 8.03. The molecular formula is C29H43N3O11S. The number of likely N-dealkylation sites (tertiary alicyclic amines) is 1. The lowest BCUT2D eigenvalue weighted by atomic mass is 9.79. The number of likely N-dealkylation sites (N-methyl/N-ethyl adjacent to an activating group) is 1. The Hall–Kier alpha value is -3.33. The fourth-order valence-corrected chi connectivity index (χ4v) is 6.79. The van der Waals surface area contributed by atoms with E-state index in [-0.39, 0.29) is 30.5 Å². The molecule has 44 heavy (non-hydrogen) atoms. The van der Waals surface area contributed by atoms with Crippen LogP contribution in [0.15, 0.2) is 10.6 Å². The van der Waals surface area contributed by atoms with Gasteiger partial charge in [0.05, 0.1) is 29.4 Å². The number of amides is 3. The van der Waals surface area contributed by atoms with E-state index in [1.54, 1.807) is 48.7 Å². The third-order valence-corrected chi connectivity index (χ3v) is 9.16. The second-order valence-electron chi connectivity index (χ2n) is 12.7. The molecule has 2 saturated heterocycles. The van der Waals surface area contributed by atoms with Crippen molar-refractivity contribution in [2.24, 2.45) is 23.2 Å². The van der Waals surface area contributed by atoms with Gasteiger partial charge in [0.1, 0.15) is 11.7 Å². The number of rotatable bonds is 10. The molecule has 0 unspecified atom stereocenters. The Morgan fingerprint density at radius 3 is 2.18 bits per heavy atom. The molecule has 0 aromatic heterocycles. The Morgan fingerprint density at radius 1 is 1.02 bits per heavy atom. The quantitative estimate of drug-likeness (QED) is 0.209. The van der Waals surface area contributed by atoms with Crippen LogP contribution in [0.2, 0.25) is 0 Å². The maximum atomic E-state index is 13.3. The molecule has 246 valence electrons. The van der Waals surface area contributed by atoms with E-state index in [0.29, 0.717) is 4.91 Å². The molecular weight excluding hydrogens is 598 g/mol. The van der Waals surface area contributed by atoms with E-state index in [9.17, 15) is 33.9 Å². The Balaban J connectivity index is 1.83. The van der Waals surface area contributed by atoms with E-state index in [0.717, 1.165) is 0 Å². The van der Waals surface area contributed by atoms with Gasteiger partial charge in [0.15, 0.2) is 0 Å². The molecule has 0 aromatic carbocycles. The first-order valence-electron chi connectivity index (χ1n) is 14.5. The lowest BCUT2D eigenvalue weighted by Gasteiger charge is -2.46. The molecule has 0 aliphatic carbocycles. The van der Waals surface area contributed by atoms with Crippen molar-refractivity contribution in [3.8, 4) is 0 Å². The van der Waals surface area contributed by atoms with Crippen LogP contribution >= 0.6 is 11.8 Å². The first kappa shape index (κ1) is 35.2. The molecule has 0 saturated carbocycles. The van der Waals surface area contributed by atoms with Crippen LogP contribution in [0.3, 0.4) is 0 Å². The molecule has 0 radical (unpaired) electrons. The zero-order chi connectivity index (χ0) is 33.3. The number of aliphatic hydroxyl groups excluding tert-OH is 1. The minimum absolute atomic E-state index is 0.0154. The molecule has 3 aliphatic rings. The molecule has 2 fully saturated rings. The molecule has 3 rings (SSSR count). The average Bonchev–Trinajstić information content (AvgIpc) is 3.44. The highest BCUT2D eigenvalue weighted by Gasteiger charge is 2.60. The molecule has 6 atom stereocenters. The minimum Gasteiger partial charge on any atom is -0.428 e. The van der Waals surface area contributed by atoms with Crippen LogP contribution in [0, 0.1) is 23.2 Å². The van der Waals surface area contributed by atoms with Gasteiger partial charge in [-0.2, -0.15) is 0 Å². The van der Waals surface area contributed by atoms with Crippen LogP contribution in [0.4, 0.5) is 4.79 Å². The van der Waals surface area contributed by atoms with Crippen LogP contribution in [0.25, 0.3) is 0 Å². The van der Waals surface area contributed by atoms with Gasteiger partial charge in [0.25, 0.3) is 0 Å². The summed E-state index contributed by atoms with van der Waals surface area (Å²) in [5.41, 5.74) is -0.831. The Bertz CT molecular complexity index is 1210. The largest absolute Gasteiger partial charge is 0.428 e. The summed E-state index contributed by atoms with van der Waals surface area (Å²) in [6.45, 7) is 10.4. The van der Waals surface area contributed by atoms with Crippen molar-refractivity contribution in [2.45, 2.75) is 78.3 Å². The maximum absolute atomic E-state index is 13.3. The summed E-state index contributed by atoms with van der Waals surface area (Å²) >= 11 is 1.24. The number of esters is 3. The molecule has 0 spiro atoms. The summed E-state index contributed by atoms with van der Waals surface area (Å²) in [7, 11) is 3.12. The molecule has 3 aliphatic heterocycles. The van der Waals surface area contributed by atoms with Crippen molar-refractivity contribution in [3.05, 3.63) is 10.6 Å². The van der Waals surface area contributed by atoms with Crippen molar-refractivity contribution >= 4 is 47.6 Å². The SMILES string of the molecule is CC(C)C(=O)OCOC(=O)N1C[C@@H](SC2=C(C(=O)OCOC(=O)C(C)(C)C)N3C(=O)[C@H]([C@@H](C)O)[C@H]3[C@H]2C)C[C@H]1C(=O)N(C)C. The maximum Gasteiger partial charge on any atom is 0.413 e. The van der Waals surface area contributed by atoms with Crippen LogP contribution in [0.1, 0.15) is 54.9 Å². The number of hydrogen-bond acceptors (Lipinski definition) is 12. The standard InChI is InChI=1S/C29H43N3O11S/c1-14(2)25(36)40-13-43-28(39)31-11-17(10-18(31)23(34)30(8)9)44-22-15(3)20-19(16(4)33)24(35)32(20)21(22)26(37)41-12-42-27(38)29(5,6)7/h14-20,33H,10-13H2,1-9H3/t15-,16-,17+,18+,19-,20-/m1/s1. The van der Waals surface area contributed by atoms with Crippen LogP contribution in [0.5, 0.6) is 0 Å². The highest BCUT2D eigenvalue weighted by atomic mass is 32.2. The van der Waals surface area contributed by atoms with Gasteiger partial charge >= 0.3 is 24.0 Å². The van der Waals surface area contributed by atoms with Crippen molar-refractivity contribution in [3.63, 3.8) is 0 Å². The van der Waals surface area contributed by atoms with Gasteiger partial charge in [-0.1, -0.05) is 20.8 Å². The molecule has 0 bridgehead atoms. The minimum atomic E-state index is -0.954. The molecule has 0 aromatic rings. The van der Waals surface area contributed by atoms with Crippen LogP contribution in [-0.2, 0) is 42.9 Å². The zero-order valence-corrected chi connectivity index (χ0v) is 27.5. The fraction of sp³-hybridized carbons (Fsp3) is 0.724. The van der Waals surface area contributed by atoms with Gasteiger partial charge in [-0.3, -0.25) is 24.1 Å². The number of hydrogen-bond donors (Lipinski definition) is 1. The van der Waals surface area contributed by atoms with E-state index in [1.165, 1.54) is 33.4 Å².